The van der Waals surface area contributed by atoms with Crippen LogP contribution in [-0.2, 0) is 5.41 Å². The Kier molecular flexibility index (Phi) is 21.5. The molecule has 2 aliphatic carbocycles. The molecule has 0 amide bonds. The zero-order valence-electron chi connectivity index (χ0n) is 45.4. The van der Waals surface area contributed by atoms with Gasteiger partial charge in [-0.15, -0.1) is 21.4 Å². The number of rotatable bonds is 14. The molecule has 0 saturated carbocycles. The van der Waals surface area contributed by atoms with E-state index in [4.69, 9.17) is 0 Å². The number of hydrogen-bond acceptors (Lipinski definition) is 2. The molecule has 1 fully saturated rings. The lowest BCUT2D eigenvalue weighted by Crippen LogP contribution is -2.35. The number of benzene rings is 5. The lowest BCUT2D eigenvalue weighted by atomic mass is 9.66. The number of aryl methyl sites for hydroxylation is 1. The highest BCUT2D eigenvalue weighted by atomic mass is 32.2. The van der Waals surface area contributed by atoms with E-state index in [1.54, 1.807) is 17.8 Å². The van der Waals surface area contributed by atoms with Gasteiger partial charge in [0.2, 0.25) is 0 Å². The molecule has 2 heterocycles. The summed E-state index contributed by atoms with van der Waals surface area (Å²) in [7, 11) is 0. The summed E-state index contributed by atoms with van der Waals surface area (Å²) in [4.78, 5) is 1.29. The monoisotopic (exact) mass is 980 g/mol. The molecule has 4 aliphatic rings. The van der Waals surface area contributed by atoms with E-state index in [0.29, 0.717) is 12.1 Å². The van der Waals surface area contributed by atoms with Gasteiger partial charge >= 0.3 is 0 Å². The predicted molar refractivity (Wildman–Crippen MR) is 327 cm³/mol. The van der Waals surface area contributed by atoms with Crippen molar-refractivity contribution in [2.45, 2.75) is 85.2 Å². The highest BCUT2D eigenvalue weighted by molar-refractivity contribution is 7.98. The van der Waals surface area contributed by atoms with E-state index in [9.17, 15) is 0 Å². The van der Waals surface area contributed by atoms with Crippen LogP contribution in [0.15, 0.2) is 278 Å². The summed E-state index contributed by atoms with van der Waals surface area (Å²) in [5.74, 6) is 0.413. The molecule has 3 heteroatoms. The van der Waals surface area contributed by atoms with Gasteiger partial charge in [-0.1, -0.05) is 265 Å². The summed E-state index contributed by atoms with van der Waals surface area (Å²) in [5, 5.41) is 2.53. The van der Waals surface area contributed by atoms with Crippen molar-refractivity contribution in [1.82, 2.24) is 4.59 Å². The second-order valence-electron chi connectivity index (χ2n) is 17.6. The van der Waals surface area contributed by atoms with Crippen molar-refractivity contribution in [3.8, 4) is 11.1 Å². The minimum atomic E-state index is -0.417. The largest absolute Gasteiger partial charge is 0.250 e. The van der Waals surface area contributed by atoms with Gasteiger partial charge in [0.1, 0.15) is 0 Å². The van der Waals surface area contributed by atoms with Gasteiger partial charge in [0.25, 0.3) is 6.17 Å². The number of hydrogen-bond donors (Lipinski definition) is 0. The maximum absolute atomic E-state index is 4.20. The van der Waals surface area contributed by atoms with Crippen LogP contribution in [0.5, 0.6) is 0 Å². The maximum Gasteiger partial charge on any atom is 0.250 e. The molecular weight excluding hydrogens is 901 g/mol. The van der Waals surface area contributed by atoms with Gasteiger partial charge in [-0.25, -0.2) is 0 Å². The van der Waals surface area contributed by atoms with Gasteiger partial charge in [0.15, 0.2) is 17.1 Å². The van der Waals surface area contributed by atoms with Crippen LogP contribution in [0.3, 0.4) is 0 Å². The second kappa shape index (κ2) is 27.6. The molecule has 73 heavy (non-hydrogen) atoms. The smallest absolute Gasteiger partial charge is 0.145 e. The lowest BCUT2D eigenvalue weighted by Gasteiger charge is -2.35. The molecule has 2 nitrogen and oxygen atoms in total. The lowest BCUT2D eigenvalue weighted by molar-refractivity contribution is 0.587. The summed E-state index contributed by atoms with van der Waals surface area (Å²) in [6, 6.07) is 43.6. The zero-order chi connectivity index (χ0) is 53.0. The molecular formula is C70H79N2S+. The first-order valence-electron chi connectivity index (χ1n) is 25.9. The molecule has 5 aromatic rings. The van der Waals surface area contributed by atoms with Crippen LogP contribution >= 0.6 is 11.8 Å². The Bertz CT molecular complexity index is 3000. The summed E-state index contributed by atoms with van der Waals surface area (Å²) in [6.07, 6.45) is 39.4. The first-order chi connectivity index (χ1) is 35.7. The minimum Gasteiger partial charge on any atom is -0.145 e. The van der Waals surface area contributed by atoms with Gasteiger partial charge in [-0.05, 0) is 104 Å². The van der Waals surface area contributed by atoms with E-state index in [0.717, 1.165) is 22.2 Å². The van der Waals surface area contributed by atoms with Gasteiger partial charge in [0, 0.05) is 23.1 Å². The van der Waals surface area contributed by atoms with Crippen molar-refractivity contribution in [2.24, 2.45) is 5.92 Å². The molecule has 0 bridgehead atoms. The molecule has 9 rings (SSSR count). The Morgan fingerprint density at radius 3 is 2.08 bits per heavy atom. The number of quaternary nitrogens is 1. The Morgan fingerprint density at radius 2 is 1.38 bits per heavy atom. The molecule has 4 unspecified atom stereocenters. The summed E-state index contributed by atoms with van der Waals surface area (Å²) in [5.41, 5.74) is 17.4. The van der Waals surface area contributed by atoms with Gasteiger partial charge in [-0.2, -0.15) is 0 Å². The number of anilines is 1. The van der Waals surface area contributed by atoms with Crippen LogP contribution < -0.4 is 9.60 Å². The van der Waals surface area contributed by atoms with E-state index < -0.39 is 5.41 Å². The van der Waals surface area contributed by atoms with E-state index >= 15 is 0 Å². The van der Waals surface area contributed by atoms with E-state index in [-0.39, 0.29) is 0 Å². The van der Waals surface area contributed by atoms with Crippen LogP contribution in [0.2, 0.25) is 0 Å². The Balaban J connectivity index is 0.000000200. The summed E-state index contributed by atoms with van der Waals surface area (Å²) in [6.45, 7) is 34.5. The van der Waals surface area contributed by atoms with E-state index in [1.807, 2.05) is 52.8 Å². The molecule has 4 atom stereocenters. The van der Waals surface area contributed by atoms with Gasteiger partial charge < -0.3 is 0 Å². The molecule has 0 aromatic heterocycles. The predicted octanol–water partition coefficient (Wildman–Crippen LogP) is 20.3. The summed E-state index contributed by atoms with van der Waals surface area (Å²) >= 11 is 1.76. The molecule has 1 saturated heterocycles. The summed E-state index contributed by atoms with van der Waals surface area (Å²) < 4.78 is 0.870. The Morgan fingerprint density at radius 1 is 0.712 bits per heavy atom. The third kappa shape index (κ3) is 11.9. The molecule has 2 aliphatic heterocycles. The SMILES string of the molecule is C=C/C=C(C)\C=C/CC(=C)c1ccccc1SC.C=C/C=C(\C=C/C)C1(/C(C=C)=C/C=C\C)c2ccccc2-c2ccc(C)cc21.CC.CC.CC1=CC=CC(C2N3c4ccccc4[N+]23c2ccccc2)C=C1. The average Bonchev–Trinajstić information content (AvgIpc) is 4.02. The van der Waals surface area contributed by atoms with Crippen LogP contribution in [-0.4, -0.2) is 12.4 Å². The number of fused-ring (bicyclic) bond motifs is 7. The molecule has 374 valence electrons. The normalized spacial score (nSPS) is 19.8. The maximum atomic E-state index is 4.20. The highest BCUT2D eigenvalue weighted by Gasteiger charge is 2.79. The first-order valence-corrected chi connectivity index (χ1v) is 27.2. The van der Waals surface area contributed by atoms with E-state index in [1.165, 1.54) is 72.1 Å². The van der Waals surface area contributed by atoms with Gasteiger partial charge in [-0.3, -0.25) is 0 Å². The van der Waals surface area contributed by atoms with Crippen LogP contribution in [0.25, 0.3) is 16.7 Å². The Labute approximate surface area is 445 Å². The van der Waals surface area contributed by atoms with Crippen LogP contribution in [0.4, 0.5) is 17.1 Å². The van der Waals surface area contributed by atoms with Gasteiger partial charge in [0.05, 0.1) is 11.3 Å². The highest BCUT2D eigenvalue weighted by Crippen LogP contribution is 2.68. The second-order valence-corrected chi connectivity index (χ2v) is 18.5. The van der Waals surface area contributed by atoms with Crippen molar-refractivity contribution >= 4 is 34.4 Å². The van der Waals surface area contributed by atoms with Crippen molar-refractivity contribution in [2.75, 3.05) is 11.3 Å². The Hall–Kier alpha value is -7.17. The molecule has 0 N–H and O–H groups in total. The van der Waals surface area contributed by atoms with Crippen LogP contribution in [0, 0.1) is 12.8 Å². The average molecular weight is 980 g/mol. The fraction of sp³-hybridized carbons (Fsp3) is 0.200. The fourth-order valence-electron chi connectivity index (χ4n) is 10.2. The zero-order valence-corrected chi connectivity index (χ0v) is 46.2. The minimum absolute atomic E-state index is 0.413. The quantitative estimate of drug-likeness (QED) is 0.0472. The standard InChI is InChI=1S/C28H28.C21H19N2.C17H20S.2C2H6/c1-6-10-15-22(9-4)28(23(13-7-2)14-8-3)26-17-12-11-16-24(26)25-19-18-21(5)20-27(25)28;1-16-8-7-9-17(15-14-16)21-22-19-12-5-6-13-20(19)23(21,22)18-10-3-2-4-11-18;1-5-9-14(2)10-8-11-15(3)16-12-6-7-13-17(16)18-4;2*1-2/h6-20H,2,4H2,1,3,5H3;2-15,17,21H,1H3;5-10,12-13H,1,3,11H2,2,4H3;2*1-2H3/q;+1;;;/b10-6-,14-8-,22-15+,23-13+;;10-8-,14-9-;;. The third-order valence-electron chi connectivity index (χ3n) is 13.2. The van der Waals surface area contributed by atoms with E-state index in [2.05, 4.69) is 266 Å². The molecule has 0 radical (unpaired) electrons. The molecule has 5 aromatic carbocycles. The number of nitrogens with zero attached hydrogens (tertiary/aromatic N) is 2. The fourth-order valence-corrected chi connectivity index (χ4v) is 10.8. The number of allylic oxidation sites excluding steroid dienone is 20. The van der Waals surface area contributed by atoms with Crippen molar-refractivity contribution in [3.05, 3.63) is 295 Å². The van der Waals surface area contributed by atoms with Crippen LogP contribution in [0.1, 0.15) is 84.1 Å². The third-order valence-corrected chi connectivity index (χ3v) is 14.0. The number of thioether (sulfide) groups is 1. The first kappa shape index (κ1) is 56.7. The van der Waals surface area contributed by atoms with Crippen molar-refractivity contribution in [1.29, 1.82) is 0 Å². The molecule has 0 spiro atoms. The number of para-hydroxylation sites is 3. The van der Waals surface area contributed by atoms with Crippen molar-refractivity contribution < 1.29 is 0 Å². The topological polar surface area (TPSA) is 3.01 Å². The van der Waals surface area contributed by atoms with Crippen molar-refractivity contribution in [3.63, 3.8) is 0 Å².